The zero-order valence-electron chi connectivity index (χ0n) is 11.6. The van der Waals surface area contributed by atoms with E-state index in [4.69, 9.17) is 5.73 Å². The van der Waals surface area contributed by atoms with Crippen molar-refractivity contribution in [1.82, 2.24) is 4.98 Å². The van der Waals surface area contributed by atoms with Crippen LogP contribution in [0.5, 0.6) is 5.75 Å². The number of hydrogen-bond acceptors (Lipinski definition) is 2. The predicted octanol–water partition coefficient (Wildman–Crippen LogP) is 3.83. The summed E-state index contributed by atoms with van der Waals surface area (Å²) in [5.74, 6) is -0.876. The Hall–Kier alpha value is -2.96. The van der Waals surface area contributed by atoms with Gasteiger partial charge in [0.2, 0.25) is 0 Å². The fraction of sp³-hybridized carbons (Fsp3) is 0.0625. The first-order valence-electron chi connectivity index (χ1n) is 6.61. The van der Waals surface area contributed by atoms with E-state index in [1.807, 2.05) is 6.07 Å². The van der Waals surface area contributed by atoms with E-state index in [0.29, 0.717) is 11.1 Å². The van der Waals surface area contributed by atoms with Gasteiger partial charge in [-0.25, -0.2) is 0 Å². The minimum absolute atomic E-state index is 0.268. The highest BCUT2D eigenvalue weighted by Crippen LogP contribution is 2.31. The predicted molar refractivity (Wildman–Crippen MR) is 78.9 cm³/mol. The average Bonchev–Trinajstić information content (AvgIpc) is 2.90. The first-order valence-corrected chi connectivity index (χ1v) is 6.61. The number of alkyl halides is 3. The number of fused-ring (bicyclic) bond motifs is 1. The number of para-hydroxylation sites is 1. The van der Waals surface area contributed by atoms with Gasteiger partial charge in [-0.05, 0) is 23.8 Å². The van der Waals surface area contributed by atoms with Crippen molar-refractivity contribution in [3.05, 3.63) is 54.2 Å². The Kier molecular flexibility index (Phi) is 3.48. The van der Waals surface area contributed by atoms with Crippen LogP contribution >= 0.6 is 0 Å². The molecule has 3 N–H and O–H groups in total. The molecule has 2 aromatic carbocycles. The number of hydrogen-bond donors (Lipinski definition) is 2. The molecule has 4 nitrogen and oxygen atoms in total. The molecule has 1 aromatic heterocycles. The van der Waals surface area contributed by atoms with E-state index in [2.05, 4.69) is 9.72 Å². The minimum Gasteiger partial charge on any atom is -0.406 e. The van der Waals surface area contributed by atoms with Crippen LogP contribution < -0.4 is 10.5 Å². The van der Waals surface area contributed by atoms with Gasteiger partial charge in [-0.1, -0.05) is 30.3 Å². The molecular formula is C16H11F3N2O2. The molecule has 1 amide bonds. The number of nitrogens with two attached hydrogens (primary N) is 1. The molecule has 3 aromatic rings. The van der Waals surface area contributed by atoms with Crippen molar-refractivity contribution >= 4 is 16.8 Å². The Labute approximate surface area is 128 Å². The normalized spacial score (nSPS) is 11.6. The van der Waals surface area contributed by atoms with Crippen molar-refractivity contribution in [2.24, 2.45) is 5.73 Å². The monoisotopic (exact) mass is 320 g/mol. The lowest BCUT2D eigenvalue weighted by Crippen LogP contribution is -2.16. The van der Waals surface area contributed by atoms with Crippen LogP contribution in [0.3, 0.4) is 0 Å². The summed E-state index contributed by atoms with van der Waals surface area (Å²) in [4.78, 5) is 14.2. The van der Waals surface area contributed by atoms with Crippen LogP contribution in [0.4, 0.5) is 13.2 Å². The first-order chi connectivity index (χ1) is 10.8. The second-order valence-electron chi connectivity index (χ2n) is 4.89. The highest BCUT2D eigenvalue weighted by Gasteiger charge is 2.30. The quantitative estimate of drug-likeness (QED) is 0.770. The molecule has 0 radical (unpaired) electrons. The molecule has 7 heteroatoms. The fourth-order valence-corrected chi connectivity index (χ4v) is 2.37. The molecule has 0 aliphatic carbocycles. The first kappa shape index (κ1) is 15.0. The number of carbonyl (C=O) groups excluding carboxylic acids is 1. The van der Waals surface area contributed by atoms with E-state index in [-0.39, 0.29) is 11.4 Å². The summed E-state index contributed by atoms with van der Waals surface area (Å²) in [7, 11) is 0. The average molecular weight is 320 g/mol. The van der Waals surface area contributed by atoms with E-state index in [1.54, 1.807) is 18.2 Å². The molecule has 0 atom stereocenters. The number of halogens is 3. The number of rotatable bonds is 3. The maximum absolute atomic E-state index is 12.2. The lowest BCUT2D eigenvalue weighted by Gasteiger charge is -2.09. The van der Waals surface area contributed by atoms with Crippen molar-refractivity contribution in [1.29, 1.82) is 0 Å². The maximum atomic E-state index is 12.2. The highest BCUT2D eigenvalue weighted by atomic mass is 19.4. The summed E-state index contributed by atoms with van der Waals surface area (Å²) in [6.45, 7) is 0. The Morgan fingerprint density at radius 1 is 1.09 bits per heavy atom. The molecule has 0 aliphatic heterocycles. The Bertz CT molecular complexity index is 867. The van der Waals surface area contributed by atoms with Crippen LogP contribution in [0.2, 0.25) is 0 Å². The molecule has 118 valence electrons. The van der Waals surface area contributed by atoms with Gasteiger partial charge in [-0.3, -0.25) is 4.79 Å². The summed E-state index contributed by atoms with van der Waals surface area (Å²) < 4.78 is 40.4. The molecule has 0 fully saturated rings. The maximum Gasteiger partial charge on any atom is 0.573 e. The van der Waals surface area contributed by atoms with Crippen molar-refractivity contribution in [3.8, 4) is 16.9 Å². The Morgan fingerprint density at radius 3 is 2.39 bits per heavy atom. The van der Waals surface area contributed by atoms with Gasteiger partial charge >= 0.3 is 6.36 Å². The van der Waals surface area contributed by atoms with E-state index >= 15 is 0 Å². The van der Waals surface area contributed by atoms with Crippen molar-refractivity contribution in [2.45, 2.75) is 6.36 Å². The van der Waals surface area contributed by atoms with E-state index in [9.17, 15) is 18.0 Å². The van der Waals surface area contributed by atoms with E-state index in [0.717, 1.165) is 10.9 Å². The SMILES string of the molecule is NC(=O)c1cc2cccc(-c3ccc(OC(F)(F)F)cc3)c2[nH]1. The molecule has 0 aliphatic rings. The van der Waals surface area contributed by atoms with Gasteiger partial charge in [0.15, 0.2) is 0 Å². The van der Waals surface area contributed by atoms with Crippen molar-refractivity contribution in [3.63, 3.8) is 0 Å². The number of amides is 1. The largest absolute Gasteiger partial charge is 0.573 e. The second kappa shape index (κ2) is 5.35. The van der Waals surface area contributed by atoms with Crippen LogP contribution in [-0.2, 0) is 0 Å². The zero-order valence-corrected chi connectivity index (χ0v) is 11.6. The smallest absolute Gasteiger partial charge is 0.406 e. The Balaban J connectivity index is 2.01. The van der Waals surface area contributed by atoms with Crippen LogP contribution in [0.1, 0.15) is 10.5 Å². The lowest BCUT2D eigenvalue weighted by molar-refractivity contribution is -0.274. The number of benzene rings is 2. The van der Waals surface area contributed by atoms with Gasteiger partial charge in [0.05, 0.1) is 5.52 Å². The number of nitrogens with one attached hydrogen (secondary N) is 1. The molecule has 1 heterocycles. The third-order valence-corrected chi connectivity index (χ3v) is 3.32. The van der Waals surface area contributed by atoms with E-state index in [1.165, 1.54) is 24.3 Å². The summed E-state index contributed by atoms with van der Waals surface area (Å²) >= 11 is 0. The number of H-pyrrole nitrogens is 1. The van der Waals surface area contributed by atoms with Crippen molar-refractivity contribution in [2.75, 3.05) is 0 Å². The molecular weight excluding hydrogens is 309 g/mol. The van der Waals surface area contributed by atoms with Gasteiger partial charge in [0.25, 0.3) is 5.91 Å². The third-order valence-electron chi connectivity index (χ3n) is 3.32. The Morgan fingerprint density at radius 2 is 1.78 bits per heavy atom. The molecule has 0 spiro atoms. The summed E-state index contributed by atoms with van der Waals surface area (Å²) in [6, 6.07) is 12.5. The van der Waals surface area contributed by atoms with Gasteiger partial charge in [-0.2, -0.15) is 0 Å². The lowest BCUT2D eigenvalue weighted by atomic mass is 10.0. The van der Waals surface area contributed by atoms with Gasteiger partial charge < -0.3 is 15.5 Å². The van der Waals surface area contributed by atoms with E-state index < -0.39 is 12.3 Å². The minimum atomic E-state index is -4.72. The van der Waals surface area contributed by atoms with Crippen LogP contribution in [0.25, 0.3) is 22.0 Å². The van der Waals surface area contributed by atoms with Crippen LogP contribution in [-0.4, -0.2) is 17.3 Å². The van der Waals surface area contributed by atoms with Gasteiger partial charge in [0, 0.05) is 10.9 Å². The number of aromatic amines is 1. The van der Waals surface area contributed by atoms with Gasteiger partial charge in [-0.15, -0.1) is 13.2 Å². The number of ether oxygens (including phenoxy) is 1. The molecule has 0 unspecified atom stereocenters. The molecule has 3 rings (SSSR count). The summed E-state index contributed by atoms with van der Waals surface area (Å²) in [5, 5.41) is 0.784. The second-order valence-corrected chi connectivity index (χ2v) is 4.89. The summed E-state index contributed by atoms with van der Waals surface area (Å²) in [6.07, 6.45) is -4.72. The van der Waals surface area contributed by atoms with Crippen LogP contribution in [0, 0.1) is 0 Å². The third kappa shape index (κ3) is 3.13. The van der Waals surface area contributed by atoms with Gasteiger partial charge in [0.1, 0.15) is 11.4 Å². The molecule has 0 saturated carbocycles. The number of aromatic nitrogens is 1. The summed E-state index contributed by atoms with van der Waals surface area (Å²) in [5.41, 5.74) is 7.63. The topological polar surface area (TPSA) is 68.1 Å². The fourth-order valence-electron chi connectivity index (χ4n) is 2.37. The highest BCUT2D eigenvalue weighted by molar-refractivity contribution is 6.01. The number of carbonyl (C=O) groups is 1. The molecule has 0 saturated heterocycles. The standard InChI is InChI=1S/C16H11F3N2O2/c17-16(18,19)23-11-6-4-9(5-7-11)12-3-1-2-10-8-13(15(20)22)21-14(10)12/h1-8,21H,(H2,20,22). The molecule has 23 heavy (non-hydrogen) atoms. The van der Waals surface area contributed by atoms with Crippen molar-refractivity contribution < 1.29 is 22.7 Å². The zero-order chi connectivity index (χ0) is 16.6. The molecule has 0 bridgehead atoms. The number of primary amides is 1. The van der Waals surface area contributed by atoms with Crippen LogP contribution in [0.15, 0.2) is 48.5 Å².